The van der Waals surface area contributed by atoms with Crippen LogP contribution in [0.4, 0.5) is 0 Å². The largest absolute Gasteiger partial charge is 0.0990 e. The molecule has 0 radical (unpaired) electrons. The van der Waals surface area contributed by atoms with E-state index in [1.807, 2.05) is 0 Å². The summed E-state index contributed by atoms with van der Waals surface area (Å²) in [7, 11) is 0. The van der Waals surface area contributed by atoms with Crippen molar-refractivity contribution in [3.05, 3.63) is 23.8 Å². The highest BCUT2D eigenvalue weighted by molar-refractivity contribution is 5.23. The summed E-state index contributed by atoms with van der Waals surface area (Å²) < 4.78 is 0. The molecule has 0 heterocycles. The van der Waals surface area contributed by atoms with Crippen molar-refractivity contribution in [1.29, 1.82) is 0 Å². The fourth-order valence-corrected chi connectivity index (χ4v) is 20.3. The molecule has 17 atom stereocenters. The maximum atomic E-state index is 4.19. The van der Waals surface area contributed by atoms with Crippen molar-refractivity contribution in [1.82, 2.24) is 0 Å². The fourth-order valence-electron chi connectivity index (χ4n) is 20.3. The van der Waals surface area contributed by atoms with E-state index in [4.69, 9.17) is 0 Å². The predicted molar refractivity (Wildman–Crippen MR) is 265 cm³/mol. The molecule has 15 aliphatic carbocycles. The molecule has 0 nitrogen and oxygen atoms in total. The summed E-state index contributed by atoms with van der Waals surface area (Å²) in [4.78, 5) is 0. The van der Waals surface area contributed by atoms with Gasteiger partial charge in [0.05, 0.1) is 0 Å². The summed E-state index contributed by atoms with van der Waals surface area (Å²) in [6, 6.07) is 0. The van der Waals surface area contributed by atoms with Crippen molar-refractivity contribution in [3.63, 3.8) is 0 Å². The Bertz CT molecular complexity index is 1660. The van der Waals surface area contributed by atoms with E-state index in [1.165, 1.54) is 63.4 Å². The molecule has 0 heteroatoms. The van der Waals surface area contributed by atoms with Gasteiger partial charge in [0.1, 0.15) is 0 Å². The minimum atomic E-state index is 0. The molecular weight excluding hydrogens is 733 g/mol. The molecule has 0 amide bonds. The number of allylic oxidation sites excluding steroid dienone is 3. The fraction of sp³-hybridized carbons (Fsp3) is 0.934. The van der Waals surface area contributed by atoms with Gasteiger partial charge < -0.3 is 0 Å². The first-order chi connectivity index (χ1) is 27.8. The highest BCUT2D eigenvalue weighted by Gasteiger charge is 2.63. The average Bonchev–Trinajstić information content (AvgIpc) is 4.03. The Morgan fingerprint density at radius 3 is 1.56 bits per heavy atom. The average molecular weight is 838 g/mol. The van der Waals surface area contributed by atoms with Gasteiger partial charge in [0.2, 0.25) is 0 Å². The standard InChI is InChI=1S/2C20H34.2C10H16.CH4/c1-12-14(9-16-11-17(12)20(16,4)5)10-18-13-6-7-15(8-13)19(18,2)3;1-18(2)14-7-6-13(10-14)16(18)12-20(5)9-8-15-11-17(20)19(15,3)4;1-7-8-4-5-9(6-8)10(7,2)3;1-7-4-5-8-6-9(7)10(8,2)3;/h12-18H,6-11H2,1-5H3;13-17H,6-12H2,1-5H3;8-9H,1,4-6H2,2-3H3;4,8-9H,5-6H2,1-3H3;1H4. The zero-order chi connectivity index (χ0) is 43.3. The van der Waals surface area contributed by atoms with Crippen molar-refractivity contribution in [3.8, 4) is 0 Å². The SMILES string of the molecule is C.C=C1C2CCC(C2)C1(C)C.CC1(CC2C3CCC(C3)C2(C)C)CCC2CC1C2(C)C.CC1=CCC2CC1C2(C)C.CC1C(CC2C3CCC(C3)C2(C)C)CC2CC1C2(C)C. The van der Waals surface area contributed by atoms with Crippen LogP contribution in [0.2, 0.25) is 0 Å². The van der Waals surface area contributed by atoms with Gasteiger partial charge in [-0.05, 0) is 255 Å². The Hall–Kier alpha value is -0.520. The third-order valence-electron chi connectivity index (χ3n) is 25.7. The molecule has 0 aromatic carbocycles. The second-order valence-corrected chi connectivity index (χ2v) is 29.5. The summed E-state index contributed by atoms with van der Waals surface area (Å²) in [5.41, 5.74) is 7.55. The molecule has 17 unspecified atom stereocenters. The highest BCUT2D eigenvalue weighted by Crippen LogP contribution is 2.71. The normalized spacial score (nSPS) is 49.8. The zero-order valence-corrected chi connectivity index (χ0v) is 42.7. The van der Waals surface area contributed by atoms with Crippen molar-refractivity contribution in [2.75, 3.05) is 0 Å². The van der Waals surface area contributed by atoms with Gasteiger partial charge >= 0.3 is 0 Å². The van der Waals surface area contributed by atoms with Crippen molar-refractivity contribution in [2.45, 2.75) is 227 Å². The van der Waals surface area contributed by atoms with Crippen LogP contribution in [0, 0.1) is 133 Å². The van der Waals surface area contributed by atoms with E-state index in [9.17, 15) is 0 Å². The molecule has 0 aromatic rings. The molecule has 13 fully saturated rings. The first-order valence-electron chi connectivity index (χ1n) is 27.2. The third-order valence-corrected chi connectivity index (χ3v) is 25.7. The van der Waals surface area contributed by atoms with Crippen LogP contribution in [0.1, 0.15) is 227 Å². The summed E-state index contributed by atoms with van der Waals surface area (Å²) in [5, 5.41) is 0. The van der Waals surface area contributed by atoms with Crippen molar-refractivity contribution in [2.24, 2.45) is 133 Å². The van der Waals surface area contributed by atoms with Gasteiger partial charge in [-0.2, -0.15) is 0 Å². The Morgan fingerprint density at radius 2 is 1.15 bits per heavy atom. The van der Waals surface area contributed by atoms with Gasteiger partial charge in [0, 0.05) is 0 Å². The number of rotatable bonds is 4. The maximum absolute atomic E-state index is 4.19. The highest BCUT2D eigenvalue weighted by atomic mass is 14.7. The number of fused-ring (bicyclic) bond motifs is 11. The summed E-state index contributed by atoms with van der Waals surface area (Å²) in [6.07, 6.45) is 29.6. The second kappa shape index (κ2) is 15.5. The van der Waals surface area contributed by atoms with E-state index in [0.717, 1.165) is 94.7 Å². The summed E-state index contributed by atoms with van der Waals surface area (Å²) in [5.74, 6) is 16.3. The first-order valence-corrected chi connectivity index (χ1v) is 27.2. The molecule has 15 rings (SSSR count). The lowest BCUT2D eigenvalue weighted by molar-refractivity contribution is -0.163. The maximum Gasteiger partial charge on any atom is -0.0116 e. The molecular formula is C61H104. The Morgan fingerprint density at radius 1 is 0.557 bits per heavy atom. The molecule has 348 valence electrons. The van der Waals surface area contributed by atoms with Crippen LogP contribution in [0.25, 0.3) is 0 Å². The first kappa shape index (κ1) is 47.0. The zero-order valence-electron chi connectivity index (χ0n) is 42.7. The molecule has 15 aliphatic rings. The van der Waals surface area contributed by atoms with E-state index in [0.29, 0.717) is 37.9 Å². The second-order valence-electron chi connectivity index (χ2n) is 29.5. The van der Waals surface area contributed by atoms with Crippen LogP contribution >= 0.6 is 0 Å². The summed E-state index contributed by atoms with van der Waals surface area (Å²) in [6.45, 7) is 41.9. The monoisotopic (exact) mass is 837 g/mol. The molecule has 0 N–H and O–H groups in total. The Labute approximate surface area is 381 Å². The molecule has 13 saturated carbocycles. The summed E-state index contributed by atoms with van der Waals surface area (Å²) >= 11 is 0. The van der Waals surface area contributed by atoms with Gasteiger partial charge in [-0.25, -0.2) is 0 Å². The third kappa shape index (κ3) is 7.26. The van der Waals surface area contributed by atoms with E-state index in [1.54, 1.807) is 63.4 Å². The van der Waals surface area contributed by atoms with Gasteiger partial charge in [0.25, 0.3) is 0 Å². The van der Waals surface area contributed by atoms with Crippen molar-refractivity contribution >= 4 is 0 Å². The van der Waals surface area contributed by atoms with Crippen LogP contribution < -0.4 is 0 Å². The molecule has 0 spiro atoms. The minimum Gasteiger partial charge on any atom is -0.0990 e. The molecule has 12 bridgehead atoms. The lowest BCUT2D eigenvalue weighted by atomic mass is 9.39. The Kier molecular flexibility index (Phi) is 12.0. The topological polar surface area (TPSA) is 0 Å². The van der Waals surface area contributed by atoms with Crippen molar-refractivity contribution < 1.29 is 0 Å². The molecule has 0 aliphatic heterocycles. The Balaban J connectivity index is 0.000000117. The van der Waals surface area contributed by atoms with Crippen LogP contribution in [-0.4, -0.2) is 0 Å². The predicted octanol–water partition coefficient (Wildman–Crippen LogP) is 18.3. The van der Waals surface area contributed by atoms with Crippen LogP contribution in [0.3, 0.4) is 0 Å². The smallest absolute Gasteiger partial charge is 0.0116 e. The molecule has 0 aromatic heterocycles. The van der Waals surface area contributed by atoms with Gasteiger partial charge in [-0.15, -0.1) is 0 Å². The lowest BCUT2D eigenvalue weighted by Crippen LogP contribution is -2.57. The van der Waals surface area contributed by atoms with Gasteiger partial charge in [-0.3, -0.25) is 0 Å². The van der Waals surface area contributed by atoms with Crippen LogP contribution in [0.5, 0.6) is 0 Å². The lowest BCUT2D eigenvalue weighted by Gasteiger charge is -2.65. The number of hydrogen-bond acceptors (Lipinski definition) is 0. The molecule has 0 saturated heterocycles. The molecule has 61 heavy (non-hydrogen) atoms. The minimum absolute atomic E-state index is 0. The van der Waals surface area contributed by atoms with E-state index in [-0.39, 0.29) is 7.43 Å². The van der Waals surface area contributed by atoms with Crippen LogP contribution in [-0.2, 0) is 0 Å². The van der Waals surface area contributed by atoms with E-state index >= 15 is 0 Å². The van der Waals surface area contributed by atoms with E-state index < -0.39 is 0 Å². The quantitative estimate of drug-likeness (QED) is 0.248. The number of hydrogen-bond donors (Lipinski definition) is 0. The van der Waals surface area contributed by atoms with Gasteiger partial charge in [-0.1, -0.05) is 128 Å². The van der Waals surface area contributed by atoms with E-state index in [2.05, 4.69) is 117 Å². The van der Waals surface area contributed by atoms with Crippen LogP contribution in [0.15, 0.2) is 23.8 Å². The van der Waals surface area contributed by atoms with Gasteiger partial charge in [0.15, 0.2) is 0 Å².